The number of methoxy groups -OCH3 is 1. The molecule has 0 saturated heterocycles. The average Bonchev–Trinajstić information content (AvgIpc) is 3.04. The molecule has 0 radical (unpaired) electrons. The monoisotopic (exact) mass is 625 g/mol. The third-order valence-electron chi connectivity index (χ3n) is 7.68. The van der Waals surface area contributed by atoms with E-state index in [0.717, 1.165) is 5.56 Å². The van der Waals surface area contributed by atoms with Gasteiger partial charge in [0.15, 0.2) is 0 Å². The van der Waals surface area contributed by atoms with Crippen LogP contribution in [0, 0.1) is 5.92 Å². The fraction of sp³-hybridized carbons (Fsp3) is 0.375. The van der Waals surface area contributed by atoms with Gasteiger partial charge in [-0.2, -0.15) is 0 Å². The van der Waals surface area contributed by atoms with Gasteiger partial charge in [0, 0.05) is 36.8 Å². The van der Waals surface area contributed by atoms with Gasteiger partial charge in [-0.05, 0) is 74.1 Å². The molecular weight excluding hydrogens is 586 g/mol. The maximum absolute atomic E-state index is 13.5. The summed E-state index contributed by atoms with van der Waals surface area (Å²) in [7, 11) is -0.483. The third-order valence-corrected chi connectivity index (χ3v) is 9.08. The number of aromatic carboxylic acids is 1. The first-order valence-electron chi connectivity index (χ1n) is 14.3. The largest absolute Gasteiger partial charge is 0.497 e. The number of carbonyl (C=O) groups is 2. The molecule has 12 heteroatoms. The minimum atomic E-state index is -3.92. The number of carbonyl (C=O) groups excluding carboxylic acids is 1. The number of carboxylic acids is 1. The second-order valence-electron chi connectivity index (χ2n) is 11.2. The molecule has 0 unspecified atom stereocenters. The molecule has 3 aromatic carbocycles. The summed E-state index contributed by atoms with van der Waals surface area (Å²) in [4.78, 5) is 28.5. The third kappa shape index (κ3) is 8.07. The number of nitrogens with one attached hydrogen (secondary N) is 1. The van der Waals surface area contributed by atoms with Crippen molar-refractivity contribution in [3.05, 3.63) is 83.4 Å². The molecule has 0 fully saturated rings. The first kappa shape index (κ1) is 32.8. The lowest BCUT2D eigenvalue weighted by Crippen LogP contribution is -2.47. The Morgan fingerprint density at radius 3 is 2.43 bits per heavy atom. The van der Waals surface area contributed by atoms with Crippen LogP contribution in [0.4, 0.5) is 5.69 Å². The molecule has 0 saturated carbocycles. The Balaban J connectivity index is 1.60. The molecule has 0 bridgehead atoms. The van der Waals surface area contributed by atoms with Gasteiger partial charge in [0.1, 0.15) is 17.6 Å². The van der Waals surface area contributed by atoms with Gasteiger partial charge in [-0.3, -0.25) is 14.4 Å². The summed E-state index contributed by atoms with van der Waals surface area (Å²) in [5, 5.41) is 19.1. The second-order valence-corrected chi connectivity index (χ2v) is 12.9. The summed E-state index contributed by atoms with van der Waals surface area (Å²) in [5.41, 5.74) is 1.96. The molecular formula is C32H39N3O8S. The molecule has 1 amide bonds. The topological polar surface area (TPSA) is 146 Å². The normalized spacial score (nSPS) is 18.0. The van der Waals surface area contributed by atoms with Crippen molar-refractivity contribution >= 4 is 27.6 Å². The molecule has 44 heavy (non-hydrogen) atoms. The van der Waals surface area contributed by atoms with Crippen molar-refractivity contribution in [2.45, 2.75) is 43.9 Å². The molecule has 3 aromatic rings. The van der Waals surface area contributed by atoms with Crippen LogP contribution in [0.5, 0.6) is 11.5 Å². The highest BCUT2D eigenvalue weighted by Gasteiger charge is 2.31. The minimum absolute atomic E-state index is 0.0387. The number of carboxylic acid groups (broad SMARTS) is 1. The van der Waals surface area contributed by atoms with Crippen LogP contribution >= 0.6 is 0 Å². The van der Waals surface area contributed by atoms with E-state index in [2.05, 4.69) is 9.62 Å². The smallest absolute Gasteiger partial charge is 0.335 e. The zero-order valence-electron chi connectivity index (χ0n) is 25.3. The van der Waals surface area contributed by atoms with Crippen molar-refractivity contribution in [2.75, 3.05) is 38.6 Å². The molecule has 1 aliphatic rings. The molecule has 11 nitrogen and oxygen atoms in total. The number of fused-ring (bicyclic) bond motifs is 1. The number of anilines is 1. The number of aliphatic hydroxyl groups is 1. The number of sulfonamides is 1. The number of ether oxygens (including phenoxy) is 2. The summed E-state index contributed by atoms with van der Waals surface area (Å²) in [6, 6.07) is 17.2. The average molecular weight is 626 g/mol. The maximum Gasteiger partial charge on any atom is 0.335 e. The first-order valence-corrected chi connectivity index (χ1v) is 15.8. The standard InChI is InChI=1S/C32H39N3O8S/c1-21-17-35(22(2)20-36)31(37)16-25-15-26(33-44(40,41)28-12-10-27(42-4)11-13-28)9-14-29(25)43-30(21)19-34(3)18-23-5-7-24(8-6-23)32(38)39/h5-15,21-22,30,33,36H,16-20H2,1-4H3,(H,38,39)/t21-,22-,30+/m0/s1. The molecule has 0 aromatic heterocycles. The first-order chi connectivity index (χ1) is 20.9. The lowest BCUT2D eigenvalue weighted by molar-refractivity contribution is -0.134. The number of nitrogens with zero attached hydrogens (tertiary/aromatic N) is 2. The predicted molar refractivity (Wildman–Crippen MR) is 166 cm³/mol. The van der Waals surface area contributed by atoms with Crippen LogP contribution in [0.15, 0.2) is 71.6 Å². The Morgan fingerprint density at radius 1 is 1.14 bits per heavy atom. The Hall–Kier alpha value is -4.13. The van der Waals surface area contributed by atoms with Crippen LogP contribution in [0.1, 0.15) is 35.3 Å². The lowest BCUT2D eigenvalue weighted by Gasteiger charge is -2.34. The second kappa shape index (κ2) is 14.1. The molecule has 1 heterocycles. The summed E-state index contributed by atoms with van der Waals surface area (Å²) in [5.74, 6) is -0.302. The van der Waals surface area contributed by atoms with Crippen LogP contribution in [0.25, 0.3) is 0 Å². The number of amides is 1. The van der Waals surface area contributed by atoms with Crippen LogP contribution in [0.2, 0.25) is 0 Å². The van der Waals surface area contributed by atoms with E-state index in [-0.39, 0.29) is 47.1 Å². The van der Waals surface area contributed by atoms with Crippen LogP contribution in [0.3, 0.4) is 0 Å². The Labute approximate surface area is 258 Å². The van der Waals surface area contributed by atoms with Gasteiger partial charge in [-0.1, -0.05) is 19.1 Å². The zero-order valence-corrected chi connectivity index (χ0v) is 26.1. The fourth-order valence-electron chi connectivity index (χ4n) is 5.12. The quantitative estimate of drug-likeness (QED) is 0.292. The van der Waals surface area contributed by atoms with E-state index in [9.17, 15) is 28.2 Å². The Morgan fingerprint density at radius 2 is 1.82 bits per heavy atom. The summed E-state index contributed by atoms with van der Waals surface area (Å²) < 4.78 is 40.4. The molecule has 0 aliphatic carbocycles. The van der Waals surface area contributed by atoms with Crippen LogP contribution in [-0.2, 0) is 27.8 Å². The predicted octanol–water partition coefficient (Wildman–Crippen LogP) is 3.48. The summed E-state index contributed by atoms with van der Waals surface area (Å²) in [6.45, 7) is 4.96. The molecule has 236 valence electrons. The van der Waals surface area contributed by atoms with Crippen LogP contribution < -0.4 is 14.2 Å². The van der Waals surface area contributed by atoms with Gasteiger partial charge in [-0.25, -0.2) is 13.2 Å². The van der Waals surface area contributed by atoms with Gasteiger partial charge in [0.05, 0.1) is 36.6 Å². The van der Waals surface area contributed by atoms with E-state index >= 15 is 0 Å². The molecule has 3 N–H and O–H groups in total. The SMILES string of the molecule is COc1ccc(S(=O)(=O)Nc2ccc3c(c2)CC(=O)N([C@@H](C)CO)C[C@H](C)[C@@H](CN(C)Cc2ccc(C(=O)O)cc2)O3)cc1. The molecule has 1 aliphatic heterocycles. The Kier molecular flexibility index (Phi) is 10.5. The highest BCUT2D eigenvalue weighted by Crippen LogP contribution is 2.30. The van der Waals surface area contributed by atoms with Gasteiger partial charge >= 0.3 is 5.97 Å². The van der Waals surface area contributed by atoms with Crippen molar-refractivity contribution < 1.29 is 37.7 Å². The van der Waals surface area contributed by atoms with Gasteiger partial charge in [0.25, 0.3) is 10.0 Å². The maximum atomic E-state index is 13.5. The van der Waals surface area contributed by atoms with Crippen molar-refractivity contribution in [3.63, 3.8) is 0 Å². The van der Waals surface area contributed by atoms with Crippen LogP contribution in [-0.4, -0.2) is 86.3 Å². The molecule has 4 rings (SSSR count). The number of aliphatic hydroxyl groups excluding tert-OH is 1. The lowest BCUT2D eigenvalue weighted by atomic mass is 10.0. The summed E-state index contributed by atoms with van der Waals surface area (Å²) >= 11 is 0. The van der Waals surface area contributed by atoms with Gasteiger partial charge < -0.3 is 24.6 Å². The zero-order chi connectivity index (χ0) is 32.0. The summed E-state index contributed by atoms with van der Waals surface area (Å²) in [6.07, 6.45) is -0.402. The van der Waals surface area contributed by atoms with E-state index in [1.165, 1.54) is 19.2 Å². The van der Waals surface area contributed by atoms with Crippen molar-refractivity contribution in [3.8, 4) is 11.5 Å². The number of hydrogen-bond acceptors (Lipinski definition) is 8. The van der Waals surface area contributed by atoms with Gasteiger partial charge in [0.2, 0.25) is 5.91 Å². The van der Waals surface area contributed by atoms with E-state index in [4.69, 9.17) is 9.47 Å². The van der Waals surface area contributed by atoms with Crippen molar-refractivity contribution in [1.82, 2.24) is 9.80 Å². The molecule has 0 spiro atoms. The van der Waals surface area contributed by atoms with E-state index in [1.54, 1.807) is 66.4 Å². The van der Waals surface area contributed by atoms with E-state index < -0.39 is 22.0 Å². The highest BCUT2D eigenvalue weighted by molar-refractivity contribution is 7.92. The number of benzene rings is 3. The van der Waals surface area contributed by atoms with E-state index in [0.29, 0.717) is 36.7 Å². The molecule has 3 atom stereocenters. The fourth-order valence-corrected chi connectivity index (χ4v) is 6.17. The van der Waals surface area contributed by atoms with E-state index in [1.807, 2.05) is 14.0 Å². The Bertz CT molecular complexity index is 1560. The minimum Gasteiger partial charge on any atom is -0.497 e. The number of rotatable bonds is 11. The number of hydrogen-bond donors (Lipinski definition) is 3. The van der Waals surface area contributed by atoms with Gasteiger partial charge in [-0.15, -0.1) is 0 Å². The number of likely N-dealkylation sites (N-methyl/N-ethyl adjacent to an activating group) is 1. The highest BCUT2D eigenvalue weighted by atomic mass is 32.2. The van der Waals surface area contributed by atoms with Crippen molar-refractivity contribution in [2.24, 2.45) is 5.92 Å². The van der Waals surface area contributed by atoms with Crippen molar-refractivity contribution in [1.29, 1.82) is 0 Å².